The Labute approximate surface area is 177 Å². The van der Waals surface area contributed by atoms with E-state index in [1.54, 1.807) is 13.1 Å². The van der Waals surface area contributed by atoms with Crippen molar-refractivity contribution in [2.45, 2.75) is 44.8 Å². The maximum Gasteiger partial charge on any atom is 0.182 e. The van der Waals surface area contributed by atoms with Crippen LogP contribution < -0.4 is 5.73 Å². The number of ether oxygens (including phenoxy) is 1. The number of halogens is 2. The van der Waals surface area contributed by atoms with Gasteiger partial charge in [-0.3, -0.25) is 0 Å². The quantitative estimate of drug-likeness (QED) is 0.616. The minimum atomic E-state index is -0.733. The smallest absolute Gasteiger partial charge is 0.182 e. The van der Waals surface area contributed by atoms with Crippen LogP contribution in [-0.2, 0) is 4.74 Å². The maximum atomic E-state index is 14.6. The third-order valence-electron chi connectivity index (χ3n) is 5.34. The van der Waals surface area contributed by atoms with Crippen molar-refractivity contribution in [3.63, 3.8) is 0 Å². The molecular weight excluding hydrogens is 402 g/mol. The molecule has 0 aliphatic carbocycles. The second-order valence-corrected chi connectivity index (χ2v) is 7.65. The van der Waals surface area contributed by atoms with Crippen molar-refractivity contribution in [3.8, 4) is 11.3 Å². The fourth-order valence-electron chi connectivity index (χ4n) is 3.88. The van der Waals surface area contributed by atoms with E-state index in [0.717, 1.165) is 6.07 Å². The Morgan fingerprint density at radius 3 is 2.74 bits per heavy atom. The van der Waals surface area contributed by atoms with Crippen LogP contribution in [0.3, 0.4) is 0 Å². The summed E-state index contributed by atoms with van der Waals surface area (Å²) >= 11 is 0. The predicted octanol–water partition coefficient (Wildman–Crippen LogP) is 3.82. The van der Waals surface area contributed by atoms with Crippen LogP contribution >= 0.6 is 0 Å². The van der Waals surface area contributed by atoms with Gasteiger partial charge in [0.15, 0.2) is 5.65 Å². The number of rotatable bonds is 4. The van der Waals surface area contributed by atoms with E-state index in [0.29, 0.717) is 41.1 Å². The van der Waals surface area contributed by atoms with Gasteiger partial charge in [0.25, 0.3) is 0 Å². The van der Waals surface area contributed by atoms with E-state index in [-0.39, 0.29) is 29.4 Å². The summed E-state index contributed by atoms with van der Waals surface area (Å²) in [5.74, 6) is -1.05. The van der Waals surface area contributed by atoms with Gasteiger partial charge in [-0.2, -0.15) is 0 Å². The van der Waals surface area contributed by atoms with E-state index in [1.165, 1.54) is 24.5 Å². The number of hydrogen-bond acceptors (Lipinski definition) is 7. The molecule has 31 heavy (non-hydrogen) atoms. The van der Waals surface area contributed by atoms with Crippen LogP contribution in [0.1, 0.15) is 37.2 Å². The Balaban J connectivity index is 1.86. The molecule has 0 spiro atoms. The first-order valence-electron chi connectivity index (χ1n) is 9.94. The highest BCUT2D eigenvalue weighted by Crippen LogP contribution is 2.36. The molecule has 1 aromatic carbocycles. The molecule has 2 aromatic heterocycles. The van der Waals surface area contributed by atoms with Crippen LogP contribution in [0.5, 0.6) is 0 Å². The summed E-state index contributed by atoms with van der Waals surface area (Å²) < 4.78 is 34.1. The Kier molecular flexibility index (Phi) is 5.69. The normalized spacial score (nSPS) is 21.9. The Bertz CT molecular complexity index is 1180. The third-order valence-corrected chi connectivity index (χ3v) is 5.34. The van der Waals surface area contributed by atoms with Crippen LogP contribution in [0, 0.1) is 24.0 Å². The molecule has 1 fully saturated rings. The van der Waals surface area contributed by atoms with Crippen LogP contribution in [0.4, 0.5) is 8.78 Å². The van der Waals surface area contributed by atoms with Gasteiger partial charge in [-0.25, -0.2) is 28.7 Å². The van der Waals surface area contributed by atoms with Crippen molar-refractivity contribution in [2.75, 3.05) is 0 Å². The van der Waals surface area contributed by atoms with Crippen molar-refractivity contribution in [1.82, 2.24) is 19.9 Å². The average Bonchev–Trinajstić information content (AvgIpc) is 2.73. The van der Waals surface area contributed by atoms with E-state index < -0.39 is 11.6 Å². The Morgan fingerprint density at radius 1 is 1.23 bits per heavy atom. The van der Waals surface area contributed by atoms with E-state index in [9.17, 15) is 8.78 Å². The zero-order valence-electron chi connectivity index (χ0n) is 17.1. The van der Waals surface area contributed by atoms with E-state index in [2.05, 4.69) is 19.9 Å². The zero-order chi connectivity index (χ0) is 22.1. The molecule has 0 amide bonds. The summed E-state index contributed by atoms with van der Waals surface area (Å²) in [6.07, 6.45) is 4.77. The van der Waals surface area contributed by atoms with Crippen molar-refractivity contribution in [2.24, 2.45) is 5.73 Å². The molecule has 3 N–H and O–H groups in total. The van der Waals surface area contributed by atoms with Gasteiger partial charge in [-0.15, -0.1) is 0 Å². The molecule has 1 aliphatic rings. The van der Waals surface area contributed by atoms with Gasteiger partial charge in [0.2, 0.25) is 0 Å². The molecule has 7 nitrogen and oxygen atoms in total. The van der Waals surface area contributed by atoms with Crippen molar-refractivity contribution in [1.29, 1.82) is 5.41 Å². The lowest BCUT2D eigenvalue weighted by atomic mass is 9.88. The van der Waals surface area contributed by atoms with Gasteiger partial charge in [0, 0.05) is 41.7 Å². The predicted molar refractivity (Wildman–Crippen MR) is 113 cm³/mol. The van der Waals surface area contributed by atoms with E-state index in [4.69, 9.17) is 15.9 Å². The monoisotopic (exact) mass is 424 g/mol. The molecule has 1 saturated heterocycles. The first-order valence-corrected chi connectivity index (χ1v) is 9.94. The average molecular weight is 424 g/mol. The fourth-order valence-corrected chi connectivity index (χ4v) is 3.88. The number of benzene rings is 1. The number of hydrogen-bond donors (Lipinski definition) is 2. The SMILES string of the molecule is Cc1cnc2c(-c3ccc(F)cc3F)nc([C@H]3C[C@@H](C)O[C@@H](/C(C=N)=C/N)C3)nc2n1. The Morgan fingerprint density at radius 2 is 2.03 bits per heavy atom. The minimum Gasteiger partial charge on any atom is -0.404 e. The molecule has 0 unspecified atom stereocenters. The van der Waals surface area contributed by atoms with Crippen molar-refractivity contribution < 1.29 is 13.5 Å². The molecule has 3 aromatic rings. The summed E-state index contributed by atoms with van der Waals surface area (Å²) in [5, 5.41) is 7.58. The van der Waals surface area contributed by atoms with Crippen LogP contribution in [0.25, 0.3) is 22.4 Å². The second kappa shape index (κ2) is 8.43. The highest BCUT2D eigenvalue weighted by molar-refractivity contribution is 5.87. The summed E-state index contributed by atoms with van der Waals surface area (Å²) in [6.45, 7) is 3.73. The minimum absolute atomic E-state index is 0.118. The summed E-state index contributed by atoms with van der Waals surface area (Å²) in [6, 6.07) is 3.35. The number of nitrogens with zero attached hydrogens (tertiary/aromatic N) is 4. The summed E-state index contributed by atoms with van der Waals surface area (Å²) in [7, 11) is 0. The summed E-state index contributed by atoms with van der Waals surface area (Å²) in [4.78, 5) is 18.1. The lowest BCUT2D eigenvalue weighted by molar-refractivity contribution is -0.0272. The number of nitrogens with two attached hydrogens (primary N) is 1. The van der Waals surface area contributed by atoms with Gasteiger partial charge in [0.1, 0.15) is 28.7 Å². The highest BCUT2D eigenvalue weighted by atomic mass is 19.1. The van der Waals surface area contributed by atoms with Gasteiger partial charge in [-0.1, -0.05) is 0 Å². The van der Waals surface area contributed by atoms with Crippen molar-refractivity contribution in [3.05, 3.63) is 59.3 Å². The summed E-state index contributed by atoms with van der Waals surface area (Å²) in [5.41, 5.74) is 7.97. The van der Waals surface area contributed by atoms with Crippen LogP contribution in [-0.4, -0.2) is 38.4 Å². The van der Waals surface area contributed by atoms with E-state index in [1.807, 2.05) is 6.92 Å². The van der Waals surface area contributed by atoms with Crippen LogP contribution in [0.15, 0.2) is 36.2 Å². The number of fused-ring (bicyclic) bond motifs is 1. The lowest BCUT2D eigenvalue weighted by Crippen LogP contribution is -2.33. The van der Waals surface area contributed by atoms with Gasteiger partial charge >= 0.3 is 0 Å². The fraction of sp³-hybridized carbons (Fsp3) is 0.318. The molecule has 9 heteroatoms. The molecule has 3 heterocycles. The first-order chi connectivity index (χ1) is 14.9. The molecular formula is C22H22F2N6O. The molecule has 0 radical (unpaired) electrons. The molecule has 3 atom stereocenters. The van der Waals surface area contributed by atoms with Gasteiger partial charge < -0.3 is 15.9 Å². The highest BCUT2D eigenvalue weighted by Gasteiger charge is 2.32. The largest absolute Gasteiger partial charge is 0.404 e. The standard InChI is InChI=1S/C22H22F2N6O/c1-11-10-27-20-19(16-4-3-15(23)7-17(16)24)29-21(30-22(20)28-11)13-5-12(2)31-18(6-13)14(8-25)9-26/h3-4,7-10,12-13,18,25H,5-6,26H2,1-2H3/b14-9+,25-8?/t12-,13+,18-/m1/s1. The zero-order valence-corrected chi connectivity index (χ0v) is 17.1. The topological polar surface area (TPSA) is 111 Å². The first kappa shape index (κ1) is 20.9. The molecule has 160 valence electrons. The second-order valence-electron chi connectivity index (χ2n) is 7.65. The molecule has 1 aliphatic heterocycles. The number of nitrogens with one attached hydrogen (secondary N) is 1. The van der Waals surface area contributed by atoms with E-state index >= 15 is 0 Å². The molecule has 0 bridgehead atoms. The maximum absolute atomic E-state index is 14.6. The lowest BCUT2D eigenvalue weighted by Gasteiger charge is -2.33. The van der Waals surface area contributed by atoms with Crippen molar-refractivity contribution >= 4 is 17.4 Å². The van der Waals surface area contributed by atoms with Gasteiger partial charge in [0.05, 0.1) is 17.9 Å². The van der Waals surface area contributed by atoms with Crippen LogP contribution in [0.2, 0.25) is 0 Å². The number of aryl methyl sites for hydroxylation is 1. The van der Waals surface area contributed by atoms with Gasteiger partial charge in [-0.05, 0) is 38.8 Å². The number of aromatic nitrogens is 4. The third kappa shape index (κ3) is 4.13. The molecule has 0 saturated carbocycles. The Hall–Kier alpha value is -3.33. The molecule has 4 rings (SSSR count).